The lowest BCUT2D eigenvalue weighted by atomic mass is 10.2. The van der Waals surface area contributed by atoms with Gasteiger partial charge >= 0.3 is 0 Å². The highest BCUT2D eigenvalue weighted by Gasteiger charge is 2.08. The molecule has 2 N–H and O–H groups in total. The van der Waals surface area contributed by atoms with E-state index >= 15 is 0 Å². The minimum Gasteiger partial charge on any atom is -0.494 e. The van der Waals surface area contributed by atoms with Crippen LogP contribution in [0, 0.1) is 0 Å². The first-order valence-electron chi connectivity index (χ1n) is 7.11. The molecule has 0 atom stereocenters. The van der Waals surface area contributed by atoms with Gasteiger partial charge in [0.1, 0.15) is 5.75 Å². The Morgan fingerprint density at radius 1 is 1.17 bits per heavy atom. The van der Waals surface area contributed by atoms with Gasteiger partial charge in [0.25, 0.3) is 5.91 Å². The van der Waals surface area contributed by atoms with E-state index < -0.39 is 0 Å². The summed E-state index contributed by atoms with van der Waals surface area (Å²) in [6.07, 6.45) is 0. The number of hydrogen-bond acceptors (Lipinski definition) is 5. The first kappa shape index (κ1) is 17.4. The van der Waals surface area contributed by atoms with E-state index in [9.17, 15) is 9.59 Å². The van der Waals surface area contributed by atoms with Crippen molar-refractivity contribution < 1.29 is 14.3 Å². The maximum atomic E-state index is 11.9. The van der Waals surface area contributed by atoms with Crippen LogP contribution < -0.4 is 15.6 Å². The molecule has 0 aliphatic rings. The molecule has 2 rings (SSSR count). The molecule has 2 aromatic rings. The van der Waals surface area contributed by atoms with Gasteiger partial charge in [0, 0.05) is 16.2 Å². The van der Waals surface area contributed by atoms with Gasteiger partial charge in [0.05, 0.1) is 12.4 Å². The highest BCUT2D eigenvalue weighted by molar-refractivity contribution is 7.99. The molecular weight excluding hydrogens is 332 g/mol. The molecule has 0 fully saturated rings. The average Bonchev–Trinajstić information content (AvgIpc) is 3.07. The van der Waals surface area contributed by atoms with Crippen molar-refractivity contribution in [3.8, 4) is 5.75 Å². The Morgan fingerprint density at radius 3 is 2.61 bits per heavy atom. The van der Waals surface area contributed by atoms with Crippen molar-refractivity contribution in [2.45, 2.75) is 12.7 Å². The van der Waals surface area contributed by atoms with Crippen molar-refractivity contribution in [2.24, 2.45) is 0 Å². The minimum atomic E-state index is -0.357. The molecule has 0 saturated heterocycles. The van der Waals surface area contributed by atoms with E-state index in [1.54, 1.807) is 35.6 Å². The summed E-state index contributed by atoms with van der Waals surface area (Å²) in [6.45, 7) is 2.47. The molecule has 0 aliphatic heterocycles. The van der Waals surface area contributed by atoms with Crippen molar-refractivity contribution in [3.63, 3.8) is 0 Å². The molecule has 2 amide bonds. The molecule has 23 heavy (non-hydrogen) atoms. The monoisotopic (exact) mass is 350 g/mol. The zero-order valence-corrected chi connectivity index (χ0v) is 14.3. The molecule has 0 unspecified atom stereocenters. The third kappa shape index (κ3) is 5.96. The van der Waals surface area contributed by atoms with Crippen molar-refractivity contribution in [3.05, 3.63) is 52.2 Å². The molecule has 1 heterocycles. The average molecular weight is 350 g/mol. The Balaban J connectivity index is 1.69. The van der Waals surface area contributed by atoms with E-state index in [4.69, 9.17) is 4.74 Å². The van der Waals surface area contributed by atoms with Gasteiger partial charge in [0.2, 0.25) is 5.91 Å². The largest absolute Gasteiger partial charge is 0.494 e. The number of amides is 2. The first-order chi connectivity index (χ1) is 11.2. The fourth-order valence-corrected chi connectivity index (χ4v) is 3.41. The Labute approximate surface area is 143 Å². The predicted molar refractivity (Wildman–Crippen MR) is 93.7 cm³/mol. The van der Waals surface area contributed by atoms with Gasteiger partial charge in [-0.15, -0.1) is 23.1 Å². The van der Waals surface area contributed by atoms with Crippen LogP contribution in [0.5, 0.6) is 5.75 Å². The Morgan fingerprint density at radius 2 is 1.96 bits per heavy atom. The fourth-order valence-electron chi connectivity index (χ4n) is 1.74. The van der Waals surface area contributed by atoms with Crippen LogP contribution in [-0.4, -0.2) is 24.2 Å². The fraction of sp³-hybridized carbons (Fsp3) is 0.250. The van der Waals surface area contributed by atoms with Crippen molar-refractivity contribution >= 4 is 34.9 Å². The topological polar surface area (TPSA) is 67.4 Å². The van der Waals surface area contributed by atoms with E-state index in [2.05, 4.69) is 10.9 Å². The van der Waals surface area contributed by atoms with Gasteiger partial charge in [-0.05, 0) is 42.6 Å². The number of hydrazine groups is 1. The molecular formula is C16H18N2O3S2. The van der Waals surface area contributed by atoms with Crippen molar-refractivity contribution in [1.82, 2.24) is 10.9 Å². The van der Waals surface area contributed by atoms with Crippen LogP contribution in [-0.2, 0) is 10.5 Å². The van der Waals surface area contributed by atoms with E-state index in [1.807, 2.05) is 24.4 Å². The summed E-state index contributed by atoms with van der Waals surface area (Å²) in [5, 5.41) is 2.01. The Bertz CT molecular complexity index is 627. The SMILES string of the molecule is CCOc1ccc(C(=O)NNC(=O)CSCc2cccs2)cc1. The summed E-state index contributed by atoms with van der Waals surface area (Å²) < 4.78 is 5.31. The standard InChI is InChI=1S/C16H18N2O3S2/c1-2-21-13-7-5-12(6-8-13)16(20)18-17-15(19)11-22-10-14-4-3-9-23-14/h3-9H,2,10-11H2,1H3,(H,17,19)(H,18,20). The zero-order valence-electron chi connectivity index (χ0n) is 12.7. The molecule has 0 aliphatic carbocycles. The number of carbonyl (C=O) groups excluding carboxylic acids is 2. The summed E-state index contributed by atoms with van der Waals surface area (Å²) in [5.74, 6) is 1.20. The van der Waals surface area contributed by atoms with Crippen LogP contribution in [0.4, 0.5) is 0 Å². The van der Waals surface area contributed by atoms with Gasteiger partial charge < -0.3 is 4.74 Å². The van der Waals surface area contributed by atoms with E-state index in [1.165, 1.54) is 16.6 Å². The second kappa shape index (κ2) is 9.22. The third-order valence-electron chi connectivity index (χ3n) is 2.80. The first-order valence-corrected chi connectivity index (χ1v) is 9.14. The number of rotatable bonds is 7. The van der Waals surface area contributed by atoms with Crippen LogP contribution in [0.3, 0.4) is 0 Å². The Hall–Kier alpha value is -1.99. The number of carbonyl (C=O) groups is 2. The maximum Gasteiger partial charge on any atom is 0.269 e. The maximum absolute atomic E-state index is 11.9. The minimum absolute atomic E-state index is 0.231. The molecule has 0 radical (unpaired) electrons. The number of thioether (sulfide) groups is 1. The normalized spacial score (nSPS) is 10.1. The van der Waals surface area contributed by atoms with Gasteiger partial charge in [-0.1, -0.05) is 6.07 Å². The Kier molecular flexibility index (Phi) is 6.96. The molecule has 0 bridgehead atoms. The lowest BCUT2D eigenvalue weighted by Gasteiger charge is -2.08. The molecule has 0 spiro atoms. The van der Waals surface area contributed by atoms with Crippen molar-refractivity contribution in [2.75, 3.05) is 12.4 Å². The lowest BCUT2D eigenvalue weighted by molar-refractivity contribution is -0.119. The molecule has 5 nitrogen and oxygen atoms in total. The van der Waals surface area contributed by atoms with Crippen LogP contribution in [0.15, 0.2) is 41.8 Å². The summed E-state index contributed by atoms with van der Waals surface area (Å²) in [5.41, 5.74) is 5.28. The third-order valence-corrected chi connectivity index (χ3v) is 4.84. The van der Waals surface area contributed by atoms with Crippen LogP contribution >= 0.6 is 23.1 Å². The van der Waals surface area contributed by atoms with Gasteiger partial charge in [-0.2, -0.15) is 0 Å². The molecule has 122 valence electrons. The molecule has 1 aromatic heterocycles. The second-order valence-electron chi connectivity index (χ2n) is 4.53. The predicted octanol–water partition coefficient (Wildman–Crippen LogP) is 2.84. The number of thiophene rings is 1. The van der Waals surface area contributed by atoms with E-state index in [0.717, 1.165) is 5.75 Å². The summed E-state index contributed by atoms with van der Waals surface area (Å²) in [4.78, 5) is 24.8. The zero-order chi connectivity index (χ0) is 16.5. The quantitative estimate of drug-likeness (QED) is 0.754. The smallest absolute Gasteiger partial charge is 0.269 e. The van der Waals surface area contributed by atoms with Crippen LogP contribution in [0.2, 0.25) is 0 Å². The summed E-state index contributed by atoms with van der Waals surface area (Å²) >= 11 is 3.17. The highest BCUT2D eigenvalue weighted by atomic mass is 32.2. The van der Waals surface area contributed by atoms with E-state index in [-0.39, 0.29) is 11.8 Å². The lowest BCUT2D eigenvalue weighted by Crippen LogP contribution is -2.42. The van der Waals surface area contributed by atoms with Crippen molar-refractivity contribution in [1.29, 1.82) is 0 Å². The van der Waals surface area contributed by atoms with Gasteiger partial charge in [0.15, 0.2) is 0 Å². The van der Waals surface area contributed by atoms with Crippen LogP contribution in [0.1, 0.15) is 22.2 Å². The van der Waals surface area contributed by atoms with E-state index in [0.29, 0.717) is 23.7 Å². The molecule has 1 aromatic carbocycles. The second-order valence-corrected chi connectivity index (χ2v) is 6.55. The highest BCUT2D eigenvalue weighted by Crippen LogP contribution is 2.16. The van der Waals surface area contributed by atoms with Gasteiger partial charge in [-0.3, -0.25) is 20.4 Å². The number of nitrogens with one attached hydrogen (secondary N) is 2. The molecule has 7 heteroatoms. The van der Waals surface area contributed by atoms with Gasteiger partial charge in [-0.25, -0.2) is 0 Å². The molecule has 0 saturated carbocycles. The summed E-state index contributed by atoms with van der Waals surface area (Å²) in [7, 11) is 0. The summed E-state index contributed by atoms with van der Waals surface area (Å²) in [6, 6.07) is 10.8. The number of hydrogen-bond donors (Lipinski definition) is 2. The van der Waals surface area contributed by atoms with Crippen LogP contribution in [0.25, 0.3) is 0 Å². The number of ether oxygens (including phenoxy) is 1. The number of benzene rings is 1.